The van der Waals surface area contributed by atoms with Gasteiger partial charge in [0.15, 0.2) is 5.56 Å². The Balaban J connectivity index is 2.35. The molecule has 0 amide bonds. The van der Waals surface area contributed by atoms with Crippen molar-refractivity contribution in [3.05, 3.63) is 51.3 Å². The summed E-state index contributed by atoms with van der Waals surface area (Å²) >= 11 is 5.92. The number of carbonyl (C=O) groups excluding carboxylic acids is 1. The second kappa shape index (κ2) is 4.68. The average Bonchev–Trinajstić information content (AvgIpc) is 2.75. The molecule has 0 saturated heterocycles. The van der Waals surface area contributed by atoms with Crippen molar-refractivity contribution in [2.24, 2.45) is 0 Å². The smallest absolute Gasteiger partial charge is 0.373 e. The molecule has 0 bridgehead atoms. The normalized spacial score (nSPS) is 11.1. The molecule has 0 saturated carbocycles. The van der Waals surface area contributed by atoms with Gasteiger partial charge in [0.2, 0.25) is 0 Å². The summed E-state index contributed by atoms with van der Waals surface area (Å²) in [6, 6.07) is 8.57. The monoisotopic (exact) mass is 291 g/mol. The van der Waals surface area contributed by atoms with Crippen LogP contribution in [-0.4, -0.2) is 17.1 Å². The lowest BCUT2D eigenvalue weighted by molar-refractivity contribution is 0.0525. The maximum absolute atomic E-state index is 11.9. The Hall–Kier alpha value is -2.27. The van der Waals surface area contributed by atoms with Gasteiger partial charge in [0.25, 0.3) is 0 Å². The van der Waals surface area contributed by atoms with Gasteiger partial charge in [-0.15, -0.1) is 0 Å². The van der Waals surface area contributed by atoms with Gasteiger partial charge in [0.1, 0.15) is 5.52 Å². The molecule has 1 aromatic carbocycles. The molecule has 2 aromatic heterocycles. The summed E-state index contributed by atoms with van der Waals surface area (Å²) < 4.78 is 11.3. The highest BCUT2D eigenvalue weighted by Gasteiger charge is 2.21. The molecule has 0 radical (unpaired) electrons. The first kappa shape index (κ1) is 12.7. The van der Waals surface area contributed by atoms with Gasteiger partial charge in [-0.1, -0.05) is 17.7 Å². The SMILES string of the molecule is CCOC(=O)c1c(=O)on2c1ccc1cc(Cl)ccc12. The second-order valence-corrected chi connectivity index (χ2v) is 4.63. The van der Waals surface area contributed by atoms with Gasteiger partial charge in [-0.25, -0.2) is 9.59 Å². The Labute approximate surface area is 118 Å². The zero-order valence-electron chi connectivity index (χ0n) is 10.6. The molecule has 6 heteroatoms. The van der Waals surface area contributed by atoms with E-state index in [0.29, 0.717) is 16.1 Å². The van der Waals surface area contributed by atoms with Crippen LogP contribution in [0.2, 0.25) is 5.02 Å². The number of halogens is 1. The number of nitrogens with zero attached hydrogens (tertiary/aromatic N) is 1. The van der Waals surface area contributed by atoms with Crippen LogP contribution in [0.15, 0.2) is 39.6 Å². The van der Waals surface area contributed by atoms with E-state index in [1.54, 1.807) is 37.3 Å². The summed E-state index contributed by atoms with van der Waals surface area (Å²) in [5, 5.41) is 1.39. The predicted octanol–water partition coefficient (Wildman–Crippen LogP) is 2.88. The molecule has 3 rings (SSSR count). The van der Waals surface area contributed by atoms with E-state index in [0.717, 1.165) is 5.39 Å². The maximum Gasteiger partial charge on any atom is 0.373 e. The summed E-state index contributed by atoms with van der Waals surface area (Å²) in [5.41, 5.74) is 0.220. The Bertz CT molecular complexity index is 878. The standard InChI is InChI=1S/C14H10ClNO4/c1-2-19-13(17)12-11-5-3-8-7-9(15)4-6-10(8)16(11)20-14(12)18/h3-7H,2H2,1H3. The van der Waals surface area contributed by atoms with Crippen LogP contribution >= 0.6 is 11.6 Å². The number of carbonyl (C=O) groups is 1. The molecule has 0 atom stereocenters. The van der Waals surface area contributed by atoms with E-state index < -0.39 is 11.6 Å². The highest BCUT2D eigenvalue weighted by atomic mass is 35.5. The van der Waals surface area contributed by atoms with Crippen LogP contribution in [0.4, 0.5) is 0 Å². The Morgan fingerprint density at radius 2 is 2.05 bits per heavy atom. The molecule has 20 heavy (non-hydrogen) atoms. The quantitative estimate of drug-likeness (QED) is 0.681. The fourth-order valence-corrected chi connectivity index (χ4v) is 2.30. The van der Waals surface area contributed by atoms with E-state index in [4.69, 9.17) is 20.9 Å². The van der Waals surface area contributed by atoms with E-state index in [-0.39, 0.29) is 12.2 Å². The van der Waals surface area contributed by atoms with Crippen molar-refractivity contribution in [2.75, 3.05) is 6.61 Å². The van der Waals surface area contributed by atoms with E-state index >= 15 is 0 Å². The van der Waals surface area contributed by atoms with Crippen molar-refractivity contribution in [3.8, 4) is 0 Å². The van der Waals surface area contributed by atoms with Crippen LogP contribution in [0.1, 0.15) is 17.3 Å². The number of pyridine rings is 1. The first-order valence-electron chi connectivity index (χ1n) is 6.03. The number of benzene rings is 1. The number of rotatable bonds is 2. The second-order valence-electron chi connectivity index (χ2n) is 4.19. The largest absolute Gasteiger partial charge is 0.462 e. The van der Waals surface area contributed by atoms with Crippen molar-refractivity contribution in [1.82, 2.24) is 4.57 Å². The molecular formula is C14H10ClNO4. The first-order chi connectivity index (χ1) is 9.61. The molecule has 0 N–H and O–H groups in total. The zero-order valence-corrected chi connectivity index (χ0v) is 11.3. The van der Waals surface area contributed by atoms with Gasteiger partial charge >= 0.3 is 11.6 Å². The molecule has 0 aliphatic rings. The third kappa shape index (κ3) is 1.87. The molecule has 0 spiro atoms. The third-order valence-electron chi connectivity index (χ3n) is 2.96. The van der Waals surface area contributed by atoms with Crippen LogP contribution in [-0.2, 0) is 4.74 Å². The Kier molecular flexibility index (Phi) is 2.99. The summed E-state index contributed by atoms with van der Waals surface area (Å²) in [6.07, 6.45) is 0. The number of esters is 1. The van der Waals surface area contributed by atoms with Crippen LogP contribution < -0.4 is 5.63 Å². The number of hydrogen-bond donors (Lipinski definition) is 0. The van der Waals surface area contributed by atoms with Crippen LogP contribution in [0.5, 0.6) is 0 Å². The summed E-state index contributed by atoms with van der Waals surface area (Å²) in [6.45, 7) is 1.87. The van der Waals surface area contributed by atoms with Gasteiger partial charge in [0.05, 0.1) is 12.1 Å². The lowest BCUT2D eigenvalue weighted by Gasteiger charge is -2.02. The topological polar surface area (TPSA) is 60.9 Å². The fraction of sp³-hybridized carbons (Fsp3) is 0.143. The summed E-state index contributed by atoms with van der Waals surface area (Å²) in [7, 11) is 0. The number of aromatic nitrogens is 1. The molecule has 5 nitrogen and oxygen atoms in total. The van der Waals surface area contributed by atoms with E-state index in [1.807, 2.05) is 0 Å². The predicted molar refractivity (Wildman–Crippen MR) is 74.4 cm³/mol. The average molecular weight is 292 g/mol. The number of hydrogen-bond acceptors (Lipinski definition) is 4. The molecule has 0 fully saturated rings. The van der Waals surface area contributed by atoms with Crippen LogP contribution in [0, 0.1) is 0 Å². The highest BCUT2D eigenvalue weighted by Crippen LogP contribution is 2.22. The maximum atomic E-state index is 11.9. The summed E-state index contributed by atoms with van der Waals surface area (Å²) in [5.74, 6) is -0.683. The third-order valence-corrected chi connectivity index (χ3v) is 3.20. The Morgan fingerprint density at radius 1 is 1.30 bits per heavy atom. The van der Waals surface area contributed by atoms with Crippen molar-refractivity contribution in [2.45, 2.75) is 6.92 Å². The number of ether oxygens (including phenoxy) is 1. The molecule has 2 heterocycles. The zero-order chi connectivity index (χ0) is 14.3. The minimum atomic E-state index is -0.717. The van der Waals surface area contributed by atoms with Gasteiger partial charge in [-0.05, 0) is 31.2 Å². The van der Waals surface area contributed by atoms with E-state index in [9.17, 15) is 9.59 Å². The van der Waals surface area contributed by atoms with Crippen LogP contribution in [0.25, 0.3) is 16.4 Å². The van der Waals surface area contributed by atoms with Crippen molar-refractivity contribution >= 4 is 34.0 Å². The van der Waals surface area contributed by atoms with Gasteiger partial charge in [0, 0.05) is 10.4 Å². The fourth-order valence-electron chi connectivity index (χ4n) is 2.12. The lowest BCUT2D eigenvalue weighted by Crippen LogP contribution is -2.13. The highest BCUT2D eigenvalue weighted by molar-refractivity contribution is 6.31. The molecule has 0 aliphatic heterocycles. The molecular weight excluding hydrogens is 282 g/mol. The Morgan fingerprint density at radius 3 is 2.80 bits per heavy atom. The number of fused-ring (bicyclic) bond motifs is 3. The summed E-state index contributed by atoms with van der Waals surface area (Å²) in [4.78, 5) is 23.7. The minimum absolute atomic E-state index is 0.0938. The van der Waals surface area contributed by atoms with Crippen molar-refractivity contribution < 1.29 is 14.1 Å². The van der Waals surface area contributed by atoms with E-state index in [2.05, 4.69) is 0 Å². The van der Waals surface area contributed by atoms with Crippen molar-refractivity contribution in [3.63, 3.8) is 0 Å². The van der Waals surface area contributed by atoms with E-state index in [1.165, 1.54) is 4.57 Å². The van der Waals surface area contributed by atoms with Crippen LogP contribution in [0.3, 0.4) is 0 Å². The van der Waals surface area contributed by atoms with Gasteiger partial charge < -0.3 is 9.26 Å². The van der Waals surface area contributed by atoms with Gasteiger partial charge in [-0.2, -0.15) is 4.57 Å². The molecule has 0 aliphatic carbocycles. The van der Waals surface area contributed by atoms with Gasteiger partial charge in [-0.3, -0.25) is 0 Å². The van der Waals surface area contributed by atoms with Crippen molar-refractivity contribution in [1.29, 1.82) is 0 Å². The molecule has 0 unspecified atom stereocenters. The lowest BCUT2D eigenvalue weighted by atomic mass is 10.2. The first-order valence-corrected chi connectivity index (χ1v) is 6.41. The minimum Gasteiger partial charge on any atom is -0.462 e. The molecule has 3 aromatic rings. The molecule has 102 valence electrons.